The molecule has 2 aromatic carbocycles. The van der Waals surface area contributed by atoms with Crippen LogP contribution in [0.4, 0.5) is 10.5 Å². The van der Waals surface area contributed by atoms with Crippen LogP contribution in [0.2, 0.25) is 0 Å². The number of hydrogen-bond donors (Lipinski definition) is 2. The molecule has 3 nitrogen and oxygen atoms in total. The Hall–Kier alpha value is -1.59. The Morgan fingerprint density at radius 3 is 2.22 bits per heavy atom. The van der Waals surface area contributed by atoms with Gasteiger partial charge >= 0.3 is 6.03 Å². The molecule has 2 N–H and O–H groups in total. The third-order valence-electron chi connectivity index (χ3n) is 3.60. The lowest BCUT2D eigenvalue weighted by molar-refractivity contribution is 0.249. The number of carbonyl (C=O) groups excluding carboxylic acids is 1. The van der Waals surface area contributed by atoms with Gasteiger partial charge in [-0.3, -0.25) is 0 Å². The van der Waals surface area contributed by atoms with E-state index in [4.69, 9.17) is 0 Å². The van der Waals surface area contributed by atoms with E-state index in [0.717, 1.165) is 22.8 Å². The average Bonchev–Trinajstić information content (AvgIpc) is 2.62. The first kappa shape index (κ1) is 16.3. The van der Waals surface area contributed by atoms with Crippen LogP contribution >= 0.6 is 23.5 Å². The van der Waals surface area contributed by atoms with Crippen LogP contribution in [0, 0.1) is 0 Å². The molecule has 0 spiro atoms. The summed E-state index contributed by atoms with van der Waals surface area (Å²) in [4.78, 5) is 12.4. The zero-order chi connectivity index (χ0) is 15.9. The van der Waals surface area contributed by atoms with E-state index in [0.29, 0.717) is 4.58 Å². The third-order valence-corrected chi connectivity index (χ3v) is 6.67. The first-order chi connectivity index (χ1) is 11.3. The summed E-state index contributed by atoms with van der Waals surface area (Å²) < 4.78 is 0.354. The van der Waals surface area contributed by atoms with E-state index in [1.54, 1.807) is 0 Å². The minimum absolute atomic E-state index is 0.00946. The van der Waals surface area contributed by atoms with Crippen LogP contribution in [-0.2, 0) is 0 Å². The topological polar surface area (TPSA) is 41.1 Å². The molecule has 1 heterocycles. The quantitative estimate of drug-likeness (QED) is 0.841. The molecule has 5 heteroatoms. The molecule has 0 aliphatic carbocycles. The lowest BCUT2D eigenvalue weighted by atomic mass is 10.1. The second-order valence-electron chi connectivity index (χ2n) is 5.32. The standard InChI is InChI=1S/C18H20N2OS2/c21-18(19-15-10-5-2-6-11-15)20-16(14-8-3-1-4-9-14)17-22-12-7-13-23-17/h1-6,8-11,16-17H,7,12-13H2,(H2,19,20,21). The highest BCUT2D eigenvalue weighted by Gasteiger charge is 2.27. The Bertz CT molecular complexity index is 615. The number of carbonyl (C=O) groups is 1. The van der Waals surface area contributed by atoms with Crippen molar-refractivity contribution in [2.24, 2.45) is 0 Å². The van der Waals surface area contributed by atoms with Gasteiger partial charge < -0.3 is 10.6 Å². The highest BCUT2D eigenvalue weighted by Crippen LogP contribution is 2.39. The zero-order valence-corrected chi connectivity index (χ0v) is 14.4. The number of anilines is 1. The van der Waals surface area contributed by atoms with Crippen molar-refractivity contribution in [1.82, 2.24) is 5.32 Å². The maximum atomic E-state index is 12.4. The first-order valence-electron chi connectivity index (χ1n) is 7.73. The summed E-state index contributed by atoms with van der Waals surface area (Å²) in [6.07, 6.45) is 1.24. The maximum absolute atomic E-state index is 12.4. The Morgan fingerprint density at radius 1 is 0.957 bits per heavy atom. The van der Waals surface area contributed by atoms with E-state index in [9.17, 15) is 4.79 Å². The van der Waals surface area contributed by atoms with E-state index in [2.05, 4.69) is 22.8 Å². The summed E-state index contributed by atoms with van der Waals surface area (Å²) in [6.45, 7) is 0. The van der Waals surface area contributed by atoms with Crippen molar-refractivity contribution >= 4 is 35.2 Å². The van der Waals surface area contributed by atoms with Crippen molar-refractivity contribution in [1.29, 1.82) is 0 Å². The second kappa shape index (κ2) is 8.31. The summed E-state index contributed by atoms with van der Waals surface area (Å²) in [5.41, 5.74) is 1.96. The van der Waals surface area contributed by atoms with Crippen LogP contribution in [0.5, 0.6) is 0 Å². The molecular formula is C18H20N2OS2. The van der Waals surface area contributed by atoms with Gasteiger partial charge in [-0.25, -0.2) is 4.79 Å². The average molecular weight is 345 g/mol. The van der Waals surface area contributed by atoms with Gasteiger partial charge in [0.1, 0.15) is 0 Å². The normalized spacial score (nSPS) is 16.5. The number of nitrogens with one attached hydrogen (secondary N) is 2. The summed E-state index contributed by atoms with van der Waals surface area (Å²) >= 11 is 3.87. The molecule has 2 amide bonds. The molecule has 0 saturated carbocycles. The van der Waals surface area contributed by atoms with Crippen molar-refractivity contribution in [2.75, 3.05) is 16.8 Å². The van der Waals surface area contributed by atoms with Gasteiger partial charge in [-0.05, 0) is 35.6 Å². The Labute approximate surface area is 145 Å². The number of urea groups is 1. The summed E-state index contributed by atoms with van der Waals surface area (Å²) in [5, 5.41) is 6.07. The Kier molecular flexibility index (Phi) is 5.88. The maximum Gasteiger partial charge on any atom is 0.319 e. The van der Waals surface area contributed by atoms with Crippen molar-refractivity contribution in [2.45, 2.75) is 17.0 Å². The highest BCUT2D eigenvalue weighted by molar-refractivity contribution is 8.17. The number of amides is 2. The van der Waals surface area contributed by atoms with Crippen LogP contribution < -0.4 is 10.6 Å². The molecule has 3 rings (SSSR count). The summed E-state index contributed by atoms with van der Waals surface area (Å²) in [5.74, 6) is 2.31. The lowest BCUT2D eigenvalue weighted by Gasteiger charge is -2.30. The van der Waals surface area contributed by atoms with Gasteiger partial charge in [0.15, 0.2) is 0 Å². The fraction of sp³-hybridized carbons (Fsp3) is 0.278. The van der Waals surface area contributed by atoms with Crippen LogP contribution in [0.3, 0.4) is 0 Å². The van der Waals surface area contributed by atoms with Gasteiger partial charge in [0.2, 0.25) is 0 Å². The van der Waals surface area contributed by atoms with E-state index in [1.807, 2.05) is 72.1 Å². The minimum atomic E-state index is -0.156. The fourth-order valence-corrected chi connectivity index (χ4v) is 5.56. The van der Waals surface area contributed by atoms with Crippen molar-refractivity contribution in [3.8, 4) is 0 Å². The number of benzene rings is 2. The smallest absolute Gasteiger partial charge is 0.319 e. The molecule has 0 radical (unpaired) electrons. The van der Waals surface area contributed by atoms with Gasteiger partial charge in [-0.15, -0.1) is 23.5 Å². The van der Waals surface area contributed by atoms with Crippen LogP contribution in [0.1, 0.15) is 18.0 Å². The summed E-state index contributed by atoms with van der Waals surface area (Å²) in [6, 6.07) is 19.6. The van der Waals surface area contributed by atoms with Gasteiger partial charge in [-0.1, -0.05) is 48.5 Å². The fourth-order valence-electron chi connectivity index (χ4n) is 2.50. The van der Waals surface area contributed by atoms with E-state index < -0.39 is 0 Å². The molecule has 1 atom stereocenters. The predicted molar refractivity (Wildman–Crippen MR) is 101 cm³/mol. The summed E-state index contributed by atoms with van der Waals surface area (Å²) in [7, 11) is 0. The highest BCUT2D eigenvalue weighted by atomic mass is 32.2. The third kappa shape index (κ3) is 4.69. The largest absolute Gasteiger partial charge is 0.329 e. The zero-order valence-electron chi connectivity index (χ0n) is 12.8. The van der Waals surface area contributed by atoms with Gasteiger partial charge in [0.05, 0.1) is 10.6 Å². The van der Waals surface area contributed by atoms with E-state index >= 15 is 0 Å². The molecule has 23 heavy (non-hydrogen) atoms. The number of rotatable bonds is 4. The number of thioether (sulfide) groups is 2. The molecule has 1 fully saturated rings. The van der Waals surface area contributed by atoms with Gasteiger partial charge in [0.25, 0.3) is 0 Å². The predicted octanol–water partition coefficient (Wildman–Crippen LogP) is 4.75. The van der Waals surface area contributed by atoms with Crippen LogP contribution in [0.25, 0.3) is 0 Å². The molecule has 1 aliphatic rings. The van der Waals surface area contributed by atoms with Crippen LogP contribution in [-0.4, -0.2) is 22.1 Å². The SMILES string of the molecule is O=C(Nc1ccccc1)NC(c1ccccc1)C1SCCCS1. The number of hydrogen-bond acceptors (Lipinski definition) is 3. The van der Waals surface area contributed by atoms with Gasteiger partial charge in [-0.2, -0.15) is 0 Å². The lowest BCUT2D eigenvalue weighted by Crippen LogP contribution is -2.37. The molecule has 120 valence electrons. The minimum Gasteiger partial charge on any atom is -0.329 e. The molecule has 2 aromatic rings. The molecule has 0 aromatic heterocycles. The van der Waals surface area contributed by atoms with E-state index in [1.165, 1.54) is 6.42 Å². The molecule has 1 unspecified atom stereocenters. The van der Waals surface area contributed by atoms with Crippen LogP contribution in [0.15, 0.2) is 60.7 Å². The Balaban J connectivity index is 1.71. The molecule has 1 saturated heterocycles. The Morgan fingerprint density at radius 2 is 1.57 bits per heavy atom. The van der Waals surface area contributed by atoms with Crippen molar-refractivity contribution < 1.29 is 4.79 Å². The molecule has 1 aliphatic heterocycles. The van der Waals surface area contributed by atoms with E-state index in [-0.39, 0.29) is 12.1 Å². The van der Waals surface area contributed by atoms with Crippen molar-refractivity contribution in [3.05, 3.63) is 66.2 Å². The molecule has 0 bridgehead atoms. The second-order valence-corrected chi connectivity index (χ2v) is 8.11. The number of para-hydroxylation sites is 1. The van der Waals surface area contributed by atoms with Gasteiger partial charge in [0, 0.05) is 5.69 Å². The molecular weight excluding hydrogens is 324 g/mol. The monoisotopic (exact) mass is 344 g/mol. The van der Waals surface area contributed by atoms with Crippen molar-refractivity contribution in [3.63, 3.8) is 0 Å². The first-order valence-corrected chi connectivity index (χ1v) is 9.83.